The third kappa shape index (κ3) is 4.15. The topological polar surface area (TPSA) is 67.6 Å². The van der Waals surface area contributed by atoms with Gasteiger partial charge in [-0.15, -0.1) is 0 Å². The standard InChI is InChI=1S/C15H23N3O3/c1-3-21-15-5-4-13(11-14(15)18(19)20)10-12(2)17-8-6-16-7-9-17/h4-5,11-12,16H,3,6-10H2,1-2H3. The van der Waals surface area contributed by atoms with Gasteiger partial charge in [-0.25, -0.2) is 0 Å². The second-order valence-electron chi connectivity index (χ2n) is 5.33. The zero-order valence-corrected chi connectivity index (χ0v) is 12.7. The van der Waals surface area contributed by atoms with E-state index in [1.807, 2.05) is 13.0 Å². The average Bonchev–Trinajstić information content (AvgIpc) is 2.49. The van der Waals surface area contributed by atoms with Gasteiger partial charge in [-0.2, -0.15) is 0 Å². The third-order valence-corrected chi connectivity index (χ3v) is 3.83. The first-order chi connectivity index (χ1) is 10.1. The maximum Gasteiger partial charge on any atom is 0.311 e. The molecule has 1 fully saturated rings. The zero-order chi connectivity index (χ0) is 15.2. The van der Waals surface area contributed by atoms with E-state index in [9.17, 15) is 10.1 Å². The molecule has 6 heteroatoms. The Hall–Kier alpha value is -1.66. The van der Waals surface area contributed by atoms with Gasteiger partial charge >= 0.3 is 5.69 Å². The highest BCUT2D eigenvalue weighted by atomic mass is 16.6. The lowest BCUT2D eigenvalue weighted by Crippen LogP contribution is -2.48. The monoisotopic (exact) mass is 293 g/mol. The number of ether oxygens (including phenoxy) is 1. The number of piperazine rings is 1. The molecule has 1 N–H and O–H groups in total. The number of benzene rings is 1. The molecule has 0 aliphatic carbocycles. The van der Waals surface area contributed by atoms with E-state index in [1.54, 1.807) is 12.1 Å². The van der Waals surface area contributed by atoms with Crippen molar-refractivity contribution in [3.8, 4) is 5.75 Å². The Morgan fingerprint density at radius 3 is 2.76 bits per heavy atom. The number of nitrogens with one attached hydrogen (secondary N) is 1. The van der Waals surface area contributed by atoms with Crippen LogP contribution in [0.5, 0.6) is 5.75 Å². The SMILES string of the molecule is CCOc1ccc(CC(C)N2CCNCC2)cc1[N+](=O)[O-]. The van der Waals surface area contributed by atoms with Gasteiger partial charge in [0, 0.05) is 38.3 Å². The Morgan fingerprint density at radius 1 is 1.43 bits per heavy atom. The fourth-order valence-corrected chi connectivity index (χ4v) is 2.70. The van der Waals surface area contributed by atoms with E-state index < -0.39 is 0 Å². The molecule has 0 saturated carbocycles. The van der Waals surface area contributed by atoms with Gasteiger partial charge in [-0.05, 0) is 31.9 Å². The summed E-state index contributed by atoms with van der Waals surface area (Å²) in [7, 11) is 0. The molecule has 0 aromatic heterocycles. The number of nitro benzene ring substituents is 1. The van der Waals surface area contributed by atoms with E-state index in [0.29, 0.717) is 18.4 Å². The number of nitro groups is 1. The van der Waals surface area contributed by atoms with Gasteiger partial charge in [0.25, 0.3) is 0 Å². The average molecular weight is 293 g/mol. The van der Waals surface area contributed by atoms with Crippen molar-refractivity contribution in [2.24, 2.45) is 0 Å². The van der Waals surface area contributed by atoms with E-state index in [0.717, 1.165) is 38.2 Å². The minimum atomic E-state index is -0.371. The van der Waals surface area contributed by atoms with Crippen LogP contribution in [-0.4, -0.2) is 48.7 Å². The Labute approximate surface area is 125 Å². The van der Waals surface area contributed by atoms with Gasteiger partial charge in [0.2, 0.25) is 0 Å². The zero-order valence-electron chi connectivity index (χ0n) is 12.7. The first-order valence-electron chi connectivity index (χ1n) is 7.46. The maximum atomic E-state index is 11.1. The van der Waals surface area contributed by atoms with Crippen LogP contribution in [0.4, 0.5) is 5.69 Å². The van der Waals surface area contributed by atoms with E-state index in [1.165, 1.54) is 0 Å². The highest BCUT2D eigenvalue weighted by Gasteiger charge is 2.20. The Morgan fingerprint density at radius 2 is 2.14 bits per heavy atom. The first kappa shape index (κ1) is 15.7. The maximum absolute atomic E-state index is 11.1. The van der Waals surface area contributed by atoms with Crippen LogP contribution in [0.15, 0.2) is 18.2 Å². The third-order valence-electron chi connectivity index (χ3n) is 3.83. The van der Waals surface area contributed by atoms with Crippen LogP contribution >= 0.6 is 0 Å². The van der Waals surface area contributed by atoms with Crippen molar-refractivity contribution in [3.63, 3.8) is 0 Å². The molecule has 0 bridgehead atoms. The molecule has 1 aromatic rings. The molecule has 116 valence electrons. The van der Waals surface area contributed by atoms with E-state index in [-0.39, 0.29) is 10.6 Å². The van der Waals surface area contributed by atoms with Crippen LogP contribution in [0.3, 0.4) is 0 Å². The second kappa shape index (κ2) is 7.38. The summed E-state index contributed by atoms with van der Waals surface area (Å²) >= 11 is 0. The summed E-state index contributed by atoms with van der Waals surface area (Å²) in [4.78, 5) is 13.2. The number of nitrogens with zero attached hydrogens (tertiary/aromatic N) is 2. The Kier molecular flexibility index (Phi) is 5.52. The Balaban J connectivity index is 2.08. The Bertz CT molecular complexity index is 487. The van der Waals surface area contributed by atoms with E-state index >= 15 is 0 Å². The van der Waals surface area contributed by atoms with Crippen molar-refractivity contribution >= 4 is 5.69 Å². The number of hydrogen-bond acceptors (Lipinski definition) is 5. The molecule has 1 aliphatic rings. The molecule has 1 aromatic carbocycles. The van der Waals surface area contributed by atoms with Crippen molar-refractivity contribution in [1.29, 1.82) is 0 Å². The summed E-state index contributed by atoms with van der Waals surface area (Å²) in [5, 5.41) is 14.5. The second-order valence-corrected chi connectivity index (χ2v) is 5.33. The molecular weight excluding hydrogens is 270 g/mol. The summed E-state index contributed by atoms with van der Waals surface area (Å²) in [6.07, 6.45) is 0.813. The molecule has 1 atom stereocenters. The predicted molar refractivity (Wildman–Crippen MR) is 81.9 cm³/mol. The lowest BCUT2D eigenvalue weighted by molar-refractivity contribution is -0.385. The van der Waals surface area contributed by atoms with Crippen molar-refractivity contribution in [3.05, 3.63) is 33.9 Å². The van der Waals surface area contributed by atoms with Crippen LogP contribution in [-0.2, 0) is 6.42 Å². The van der Waals surface area contributed by atoms with Gasteiger partial charge in [-0.1, -0.05) is 6.07 Å². The predicted octanol–water partition coefficient (Wildman–Crippen LogP) is 1.83. The molecule has 0 radical (unpaired) electrons. The number of hydrogen-bond donors (Lipinski definition) is 1. The lowest BCUT2D eigenvalue weighted by atomic mass is 10.0. The smallest absolute Gasteiger partial charge is 0.311 e. The molecule has 1 heterocycles. The molecule has 21 heavy (non-hydrogen) atoms. The normalized spacial score (nSPS) is 17.4. The molecule has 2 rings (SSSR count). The van der Waals surface area contributed by atoms with Crippen LogP contribution in [0.25, 0.3) is 0 Å². The highest BCUT2D eigenvalue weighted by Crippen LogP contribution is 2.28. The van der Waals surface area contributed by atoms with Gasteiger partial charge in [0.15, 0.2) is 5.75 Å². The molecular formula is C15H23N3O3. The fraction of sp³-hybridized carbons (Fsp3) is 0.600. The summed E-state index contributed by atoms with van der Waals surface area (Å²) < 4.78 is 5.31. The molecule has 1 saturated heterocycles. The molecule has 0 spiro atoms. The number of rotatable bonds is 6. The fourth-order valence-electron chi connectivity index (χ4n) is 2.70. The highest BCUT2D eigenvalue weighted by molar-refractivity contribution is 5.48. The van der Waals surface area contributed by atoms with Crippen LogP contribution in [0.2, 0.25) is 0 Å². The molecule has 1 aliphatic heterocycles. The van der Waals surface area contributed by atoms with Crippen LogP contribution in [0, 0.1) is 10.1 Å². The minimum Gasteiger partial charge on any atom is -0.487 e. The van der Waals surface area contributed by atoms with E-state index in [2.05, 4.69) is 17.1 Å². The van der Waals surface area contributed by atoms with Crippen molar-refractivity contribution in [1.82, 2.24) is 10.2 Å². The quantitative estimate of drug-likeness (QED) is 0.640. The lowest BCUT2D eigenvalue weighted by Gasteiger charge is -2.32. The van der Waals surface area contributed by atoms with Crippen molar-refractivity contribution in [2.75, 3.05) is 32.8 Å². The molecule has 6 nitrogen and oxygen atoms in total. The van der Waals surface area contributed by atoms with E-state index in [4.69, 9.17) is 4.74 Å². The molecule has 1 unspecified atom stereocenters. The van der Waals surface area contributed by atoms with Crippen molar-refractivity contribution in [2.45, 2.75) is 26.3 Å². The summed E-state index contributed by atoms with van der Waals surface area (Å²) in [5.41, 5.74) is 1.04. The largest absolute Gasteiger partial charge is 0.487 e. The summed E-state index contributed by atoms with van der Waals surface area (Å²) in [5.74, 6) is 0.348. The summed E-state index contributed by atoms with van der Waals surface area (Å²) in [6, 6.07) is 5.66. The van der Waals surface area contributed by atoms with Gasteiger partial charge in [-0.3, -0.25) is 15.0 Å². The summed E-state index contributed by atoms with van der Waals surface area (Å²) in [6.45, 7) is 8.50. The first-order valence-corrected chi connectivity index (χ1v) is 7.46. The van der Waals surface area contributed by atoms with Crippen LogP contribution in [0.1, 0.15) is 19.4 Å². The van der Waals surface area contributed by atoms with Gasteiger partial charge in [0.05, 0.1) is 11.5 Å². The minimum absolute atomic E-state index is 0.0573. The van der Waals surface area contributed by atoms with Gasteiger partial charge in [0.1, 0.15) is 0 Å². The molecule has 0 amide bonds. The van der Waals surface area contributed by atoms with Gasteiger partial charge < -0.3 is 10.1 Å². The van der Waals surface area contributed by atoms with Crippen LogP contribution < -0.4 is 10.1 Å². The van der Waals surface area contributed by atoms with Crippen molar-refractivity contribution < 1.29 is 9.66 Å².